The van der Waals surface area contributed by atoms with E-state index >= 15 is 0 Å². The molecule has 0 aliphatic carbocycles. The number of thiazole rings is 1. The standard InChI is InChI=1S/C14H18N4O2S/c1-8-3-10(6-15)7-17(8)12-4-11-14(21-9(2)16-11)5-13(12)18(19)20/h4-5,8,10H,3,6-7,15H2,1-2H3. The SMILES string of the molecule is Cc1nc2cc(N3CC(CN)CC3C)c([N+](=O)[O-])cc2s1. The van der Waals surface area contributed by atoms with Gasteiger partial charge < -0.3 is 10.6 Å². The summed E-state index contributed by atoms with van der Waals surface area (Å²) in [4.78, 5) is 17.7. The highest BCUT2D eigenvalue weighted by Crippen LogP contribution is 2.39. The molecular weight excluding hydrogens is 288 g/mol. The molecule has 2 aromatic rings. The van der Waals surface area contributed by atoms with Crippen molar-refractivity contribution in [2.24, 2.45) is 11.7 Å². The Morgan fingerprint density at radius 2 is 2.33 bits per heavy atom. The molecule has 0 saturated carbocycles. The number of fused-ring (bicyclic) bond motifs is 1. The number of hydrogen-bond donors (Lipinski definition) is 1. The van der Waals surface area contributed by atoms with Gasteiger partial charge in [0.1, 0.15) is 5.69 Å². The quantitative estimate of drug-likeness (QED) is 0.696. The van der Waals surface area contributed by atoms with Crippen LogP contribution in [0.25, 0.3) is 10.2 Å². The minimum absolute atomic E-state index is 0.163. The molecule has 0 spiro atoms. The number of nitrogens with zero attached hydrogens (tertiary/aromatic N) is 3. The molecule has 2 unspecified atom stereocenters. The van der Waals surface area contributed by atoms with Crippen molar-refractivity contribution >= 4 is 32.9 Å². The predicted octanol–water partition coefficient (Wildman–Crippen LogP) is 2.69. The maximum Gasteiger partial charge on any atom is 0.294 e. The van der Waals surface area contributed by atoms with Crippen molar-refractivity contribution < 1.29 is 4.92 Å². The van der Waals surface area contributed by atoms with Crippen LogP contribution in [-0.2, 0) is 0 Å². The molecule has 7 heteroatoms. The molecule has 6 nitrogen and oxygen atoms in total. The van der Waals surface area contributed by atoms with Crippen molar-refractivity contribution in [1.29, 1.82) is 0 Å². The number of nitrogens with two attached hydrogens (primary N) is 1. The first kappa shape index (κ1) is 14.2. The molecule has 1 aliphatic rings. The van der Waals surface area contributed by atoms with Crippen LogP contribution in [0.3, 0.4) is 0 Å². The van der Waals surface area contributed by atoms with E-state index in [-0.39, 0.29) is 16.7 Å². The van der Waals surface area contributed by atoms with Crippen molar-refractivity contribution in [2.45, 2.75) is 26.3 Å². The number of rotatable bonds is 3. The fourth-order valence-corrected chi connectivity index (χ4v) is 3.93. The number of aryl methyl sites for hydroxylation is 1. The third kappa shape index (κ3) is 2.47. The topological polar surface area (TPSA) is 85.3 Å². The lowest BCUT2D eigenvalue weighted by Gasteiger charge is -2.23. The Balaban J connectivity index is 2.11. The van der Waals surface area contributed by atoms with Gasteiger partial charge in [-0.25, -0.2) is 4.98 Å². The van der Waals surface area contributed by atoms with Crippen LogP contribution in [0.2, 0.25) is 0 Å². The zero-order chi connectivity index (χ0) is 15.1. The van der Waals surface area contributed by atoms with Gasteiger partial charge in [0.05, 0.1) is 20.1 Å². The first-order valence-corrected chi connectivity index (χ1v) is 7.83. The third-order valence-electron chi connectivity index (χ3n) is 4.09. The highest BCUT2D eigenvalue weighted by atomic mass is 32.1. The molecule has 1 aliphatic heterocycles. The number of aromatic nitrogens is 1. The molecule has 3 rings (SSSR count). The smallest absolute Gasteiger partial charge is 0.294 e. The summed E-state index contributed by atoms with van der Waals surface area (Å²) in [6, 6.07) is 3.76. The van der Waals surface area contributed by atoms with E-state index in [0.29, 0.717) is 18.2 Å². The van der Waals surface area contributed by atoms with Gasteiger partial charge >= 0.3 is 0 Å². The summed E-state index contributed by atoms with van der Waals surface area (Å²) < 4.78 is 0.866. The molecule has 0 bridgehead atoms. The number of nitro groups is 1. The van der Waals surface area contributed by atoms with E-state index in [1.54, 1.807) is 6.07 Å². The number of nitro benzene ring substituents is 1. The Morgan fingerprint density at radius 1 is 1.57 bits per heavy atom. The van der Waals surface area contributed by atoms with Gasteiger partial charge in [-0.2, -0.15) is 0 Å². The first-order chi connectivity index (χ1) is 9.99. The van der Waals surface area contributed by atoms with Crippen LogP contribution < -0.4 is 10.6 Å². The zero-order valence-electron chi connectivity index (χ0n) is 12.1. The minimum atomic E-state index is -0.299. The first-order valence-electron chi connectivity index (χ1n) is 7.02. The van der Waals surface area contributed by atoms with Crippen molar-refractivity contribution in [3.05, 3.63) is 27.3 Å². The molecule has 0 amide bonds. The second-order valence-electron chi connectivity index (χ2n) is 5.64. The monoisotopic (exact) mass is 306 g/mol. The Hall–Kier alpha value is -1.73. The lowest BCUT2D eigenvalue weighted by Crippen LogP contribution is -2.28. The van der Waals surface area contributed by atoms with E-state index in [1.165, 1.54) is 11.3 Å². The molecule has 21 heavy (non-hydrogen) atoms. The highest BCUT2D eigenvalue weighted by molar-refractivity contribution is 7.18. The van der Waals surface area contributed by atoms with Gasteiger partial charge in [0.25, 0.3) is 5.69 Å². The normalized spacial score (nSPS) is 22.1. The average molecular weight is 306 g/mol. The number of anilines is 1. The molecule has 2 heterocycles. The van der Waals surface area contributed by atoms with E-state index in [1.807, 2.05) is 13.0 Å². The molecule has 1 aromatic carbocycles. The maximum absolute atomic E-state index is 11.4. The summed E-state index contributed by atoms with van der Waals surface area (Å²) in [7, 11) is 0. The fourth-order valence-electron chi connectivity index (χ4n) is 3.09. The minimum Gasteiger partial charge on any atom is -0.363 e. The second kappa shape index (κ2) is 5.23. The van der Waals surface area contributed by atoms with Gasteiger partial charge in [-0.3, -0.25) is 10.1 Å². The van der Waals surface area contributed by atoms with E-state index < -0.39 is 0 Å². The molecule has 2 N–H and O–H groups in total. The molecule has 0 radical (unpaired) electrons. The van der Waals surface area contributed by atoms with E-state index in [4.69, 9.17) is 5.73 Å². The average Bonchev–Trinajstić information content (AvgIpc) is 2.98. The molecular formula is C14H18N4O2S. The van der Waals surface area contributed by atoms with Crippen LogP contribution in [0.5, 0.6) is 0 Å². The summed E-state index contributed by atoms with van der Waals surface area (Å²) in [6.07, 6.45) is 0.974. The van der Waals surface area contributed by atoms with Gasteiger partial charge in [-0.05, 0) is 38.8 Å². The fraction of sp³-hybridized carbons (Fsp3) is 0.500. The van der Waals surface area contributed by atoms with Crippen LogP contribution in [0.4, 0.5) is 11.4 Å². The molecule has 1 fully saturated rings. The Morgan fingerprint density at radius 3 is 2.95 bits per heavy atom. The van der Waals surface area contributed by atoms with E-state index in [0.717, 1.165) is 28.2 Å². The largest absolute Gasteiger partial charge is 0.363 e. The molecule has 2 atom stereocenters. The van der Waals surface area contributed by atoms with Crippen molar-refractivity contribution in [3.8, 4) is 0 Å². The summed E-state index contributed by atoms with van der Waals surface area (Å²) in [6.45, 7) is 5.40. The van der Waals surface area contributed by atoms with Crippen LogP contribution in [0.15, 0.2) is 12.1 Å². The number of hydrogen-bond acceptors (Lipinski definition) is 6. The lowest BCUT2D eigenvalue weighted by atomic mass is 10.1. The van der Waals surface area contributed by atoms with Crippen LogP contribution >= 0.6 is 11.3 Å². The van der Waals surface area contributed by atoms with Crippen LogP contribution in [0.1, 0.15) is 18.4 Å². The van der Waals surface area contributed by atoms with Gasteiger partial charge in [0.2, 0.25) is 0 Å². The van der Waals surface area contributed by atoms with E-state index in [2.05, 4.69) is 16.8 Å². The summed E-state index contributed by atoms with van der Waals surface area (Å²) in [5, 5.41) is 12.3. The van der Waals surface area contributed by atoms with Crippen LogP contribution in [-0.4, -0.2) is 29.0 Å². The van der Waals surface area contributed by atoms with Crippen molar-refractivity contribution in [3.63, 3.8) is 0 Å². The second-order valence-corrected chi connectivity index (χ2v) is 6.87. The van der Waals surface area contributed by atoms with E-state index in [9.17, 15) is 10.1 Å². The highest BCUT2D eigenvalue weighted by Gasteiger charge is 2.32. The Kier molecular flexibility index (Phi) is 3.54. The summed E-state index contributed by atoms with van der Waals surface area (Å²) >= 11 is 1.49. The lowest BCUT2D eigenvalue weighted by molar-refractivity contribution is -0.384. The van der Waals surface area contributed by atoms with Gasteiger partial charge in [0, 0.05) is 18.7 Å². The number of benzene rings is 1. The summed E-state index contributed by atoms with van der Waals surface area (Å²) in [5.41, 5.74) is 7.42. The van der Waals surface area contributed by atoms with Crippen molar-refractivity contribution in [1.82, 2.24) is 4.98 Å². The molecule has 1 saturated heterocycles. The predicted molar refractivity (Wildman–Crippen MR) is 85.0 cm³/mol. The molecule has 1 aromatic heterocycles. The van der Waals surface area contributed by atoms with Crippen molar-refractivity contribution in [2.75, 3.05) is 18.0 Å². The van der Waals surface area contributed by atoms with Gasteiger partial charge in [-0.1, -0.05) is 0 Å². The van der Waals surface area contributed by atoms with Gasteiger partial charge in [-0.15, -0.1) is 11.3 Å². The Bertz CT molecular complexity index is 700. The maximum atomic E-state index is 11.4. The summed E-state index contributed by atoms with van der Waals surface area (Å²) in [5.74, 6) is 0.396. The van der Waals surface area contributed by atoms with Gasteiger partial charge in [0.15, 0.2) is 0 Å². The third-order valence-corrected chi connectivity index (χ3v) is 5.03. The Labute approximate surface area is 126 Å². The molecule has 112 valence electrons. The van der Waals surface area contributed by atoms with Crippen LogP contribution in [0, 0.1) is 23.0 Å². The zero-order valence-corrected chi connectivity index (χ0v) is 12.9.